The molecule has 19 heavy (non-hydrogen) atoms. The van der Waals surface area contributed by atoms with Crippen LogP contribution >= 0.6 is 0 Å². The molecule has 1 aromatic heterocycles. The zero-order valence-electron chi connectivity index (χ0n) is 12.4. The van der Waals surface area contributed by atoms with Gasteiger partial charge in [0.25, 0.3) is 0 Å². The van der Waals surface area contributed by atoms with Gasteiger partial charge < -0.3 is 5.73 Å². The van der Waals surface area contributed by atoms with Crippen molar-refractivity contribution in [2.75, 3.05) is 32.7 Å². The van der Waals surface area contributed by atoms with Gasteiger partial charge in [0, 0.05) is 50.5 Å². The van der Waals surface area contributed by atoms with Gasteiger partial charge in [-0.05, 0) is 32.9 Å². The van der Waals surface area contributed by atoms with Gasteiger partial charge in [0.1, 0.15) is 0 Å². The van der Waals surface area contributed by atoms with E-state index >= 15 is 0 Å². The van der Waals surface area contributed by atoms with E-state index in [0.29, 0.717) is 6.54 Å². The van der Waals surface area contributed by atoms with E-state index in [1.54, 1.807) is 0 Å². The van der Waals surface area contributed by atoms with Gasteiger partial charge in [-0.15, -0.1) is 0 Å². The van der Waals surface area contributed by atoms with Gasteiger partial charge >= 0.3 is 0 Å². The monoisotopic (exact) mass is 262 g/mol. The fourth-order valence-corrected chi connectivity index (χ4v) is 2.56. The minimum absolute atomic E-state index is 0.119. The molecule has 0 saturated carbocycles. The molecular formula is C15H26N4. The molecular weight excluding hydrogens is 236 g/mol. The van der Waals surface area contributed by atoms with Crippen molar-refractivity contribution in [1.82, 2.24) is 14.8 Å². The molecule has 2 rings (SSSR count). The first-order valence-corrected chi connectivity index (χ1v) is 7.11. The zero-order chi connectivity index (χ0) is 13.9. The van der Waals surface area contributed by atoms with E-state index in [-0.39, 0.29) is 5.54 Å². The third-order valence-corrected chi connectivity index (χ3v) is 4.06. The highest BCUT2D eigenvalue weighted by atomic mass is 15.3. The van der Waals surface area contributed by atoms with Crippen molar-refractivity contribution in [3.8, 4) is 0 Å². The minimum Gasteiger partial charge on any atom is -0.329 e. The molecule has 4 heteroatoms. The fraction of sp³-hybridized carbons (Fsp3) is 0.667. The highest BCUT2D eigenvalue weighted by molar-refractivity contribution is 5.09. The van der Waals surface area contributed by atoms with Crippen LogP contribution in [0.15, 0.2) is 18.2 Å². The molecule has 1 aromatic rings. The summed E-state index contributed by atoms with van der Waals surface area (Å²) in [5.41, 5.74) is 8.24. The quantitative estimate of drug-likeness (QED) is 0.887. The number of hydrogen-bond acceptors (Lipinski definition) is 4. The first kappa shape index (κ1) is 14.4. The van der Waals surface area contributed by atoms with E-state index in [4.69, 9.17) is 5.73 Å². The third-order valence-electron chi connectivity index (χ3n) is 4.06. The first-order valence-electron chi connectivity index (χ1n) is 7.11. The Labute approximate surface area is 116 Å². The van der Waals surface area contributed by atoms with Gasteiger partial charge in [0.05, 0.1) is 5.69 Å². The standard InChI is InChI=1S/C15H26N4/c1-13-5-4-6-14(17-13)11-18-7-9-19(10-8-18)15(2,3)12-16/h4-6H,7-12,16H2,1-3H3. The van der Waals surface area contributed by atoms with E-state index in [2.05, 4.69) is 40.8 Å². The molecule has 0 radical (unpaired) electrons. The molecule has 1 aliphatic heterocycles. The SMILES string of the molecule is Cc1cccc(CN2CCN(C(C)(C)CN)CC2)n1. The third kappa shape index (κ3) is 3.75. The molecule has 1 fully saturated rings. The van der Waals surface area contributed by atoms with Gasteiger partial charge in [0.2, 0.25) is 0 Å². The number of rotatable bonds is 4. The van der Waals surface area contributed by atoms with Crippen LogP contribution in [-0.2, 0) is 6.54 Å². The molecule has 1 aliphatic rings. The molecule has 1 saturated heterocycles. The highest BCUT2D eigenvalue weighted by Crippen LogP contribution is 2.16. The molecule has 2 heterocycles. The van der Waals surface area contributed by atoms with Gasteiger partial charge in [-0.2, -0.15) is 0 Å². The second kappa shape index (κ2) is 5.99. The van der Waals surface area contributed by atoms with Crippen LogP contribution in [0.25, 0.3) is 0 Å². The summed E-state index contributed by atoms with van der Waals surface area (Å²) in [6.07, 6.45) is 0. The van der Waals surface area contributed by atoms with Crippen molar-refractivity contribution in [1.29, 1.82) is 0 Å². The van der Waals surface area contributed by atoms with Crippen LogP contribution in [0.3, 0.4) is 0 Å². The lowest BCUT2D eigenvalue weighted by molar-refractivity contribution is 0.0533. The van der Waals surface area contributed by atoms with Crippen LogP contribution in [-0.4, -0.2) is 53.0 Å². The van der Waals surface area contributed by atoms with Gasteiger partial charge in [-0.25, -0.2) is 0 Å². The summed E-state index contributed by atoms with van der Waals surface area (Å²) in [5.74, 6) is 0. The minimum atomic E-state index is 0.119. The Kier molecular flexibility index (Phi) is 4.55. The maximum absolute atomic E-state index is 5.85. The number of pyridine rings is 1. The molecule has 2 N–H and O–H groups in total. The average molecular weight is 262 g/mol. The van der Waals surface area contributed by atoms with E-state index in [1.807, 2.05) is 13.0 Å². The highest BCUT2D eigenvalue weighted by Gasteiger charge is 2.28. The van der Waals surface area contributed by atoms with Crippen LogP contribution < -0.4 is 5.73 Å². The Morgan fingerprint density at radius 2 is 1.89 bits per heavy atom. The molecule has 0 aromatic carbocycles. The summed E-state index contributed by atoms with van der Waals surface area (Å²) in [6.45, 7) is 12.6. The normalized spacial score (nSPS) is 18.7. The Balaban J connectivity index is 1.87. The lowest BCUT2D eigenvalue weighted by Gasteiger charge is -2.43. The van der Waals surface area contributed by atoms with Crippen LogP contribution in [0.4, 0.5) is 0 Å². The van der Waals surface area contributed by atoms with Crippen molar-refractivity contribution in [2.24, 2.45) is 5.73 Å². The summed E-state index contributed by atoms with van der Waals surface area (Å²) in [4.78, 5) is 9.55. The molecule has 0 aliphatic carbocycles. The molecule has 0 unspecified atom stereocenters. The van der Waals surface area contributed by atoms with Gasteiger partial charge in [-0.3, -0.25) is 14.8 Å². The number of hydrogen-bond donors (Lipinski definition) is 1. The van der Waals surface area contributed by atoms with Crippen LogP contribution in [0.5, 0.6) is 0 Å². The number of aryl methyl sites for hydroxylation is 1. The molecule has 4 nitrogen and oxygen atoms in total. The molecule has 0 amide bonds. The van der Waals surface area contributed by atoms with Crippen LogP contribution in [0.2, 0.25) is 0 Å². The second-order valence-electron chi connectivity index (χ2n) is 6.05. The lowest BCUT2D eigenvalue weighted by Crippen LogP contribution is -2.57. The maximum atomic E-state index is 5.85. The summed E-state index contributed by atoms with van der Waals surface area (Å²) >= 11 is 0. The lowest BCUT2D eigenvalue weighted by atomic mass is 10.0. The van der Waals surface area contributed by atoms with E-state index in [9.17, 15) is 0 Å². The van der Waals surface area contributed by atoms with E-state index in [0.717, 1.165) is 38.4 Å². The van der Waals surface area contributed by atoms with Gasteiger partial charge in [0.15, 0.2) is 0 Å². The van der Waals surface area contributed by atoms with Crippen molar-refractivity contribution in [3.63, 3.8) is 0 Å². The van der Waals surface area contributed by atoms with Crippen LogP contribution in [0.1, 0.15) is 25.2 Å². The molecule has 0 bridgehead atoms. The Morgan fingerprint density at radius 1 is 1.21 bits per heavy atom. The Bertz CT molecular complexity index is 408. The second-order valence-corrected chi connectivity index (χ2v) is 6.05. The Morgan fingerprint density at radius 3 is 2.47 bits per heavy atom. The number of piperazine rings is 1. The summed E-state index contributed by atoms with van der Waals surface area (Å²) in [5, 5.41) is 0. The predicted molar refractivity (Wildman–Crippen MR) is 79.0 cm³/mol. The van der Waals surface area contributed by atoms with Crippen molar-refractivity contribution < 1.29 is 0 Å². The maximum Gasteiger partial charge on any atom is 0.0547 e. The van der Waals surface area contributed by atoms with Gasteiger partial charge in [-0.1, -0.05) is 6.07 Å². The van der Waals surface area contributed by atoms with Crippen molar-refractivity contribution in [2.45, 2.75) is 32.9 Å². The average Bonchev–Trinajstić information content (AvgIpc) is 2.39. The van der Waals surface area contributed by atoms with Crippen molar-refractivity contribution in [3.05, 3.63) is 29.6 Å². The largest absolute Gasteiger partial charge is 0.329 e. The topological polar surface area (TPSA) is 45.4 Å². The zero-order valence-corrected chi connectivity index (χ0v) is 12.4. The number of nitrogens with two attached hydrogens (primary N) is 1. The van der Waals surface area contributed by atoms with E-state index in [1.165, 1.54) is 5.69 Å². The van der Waals surface area contributed by atoms with E-state index < -0.39 is 0 Å². The van der Waals surface area contributed by atoms with Crippen molar-refractivity contribution >= 4 is 0 Å². The predicted octanol–water partition coefficient (Wildman–Crippen LogP) is 1.24. The molecule has 0 atom stereocenters. The smallest absolute Gasteiger partial charge is 0.0547 e. The fourth-order valence-electron chi connectivity index (χ4n) is 2.56. The molecule has 106 valence electrons. The summed E-state index contributed by atoms with van der Waals surface area (Å²) in [6, 6.07) is 6.25. The Hall–Kier alpha value is -0.970. The summed E-state index contributed by atoms with van der Waals surface area (Å²) < 4.78 is 0. The first-order chi connectivity index (χ1) is 9.01. The number of nitrogens with zero attached hydrogens (tertiary/aromatic N) is 3. The number of aromatic nitrogens is 1. The molecule has 0 spiro atoms. The summed E-state index contributed by atoms with van der Waals surface area (Å²) in [7, 11) is 0. The van der Waals surface area contributed by atoms with Crippen LogP contribution in [0, 0.1) is 6.92 Å².